The van der Waals surface area contributed by atoms with Gasteiger partial charge in [-0.05, 0) is 48.9 Å². The van der Waals surface area contributed by atoms with E-state index in [0.717, 1.165) is 27.7 Å². The zero-order valence-electron chi connectivity index (χ0n) is 17.7. The molecule has 4 rings (SSSR count). The number of halogens is 1. The van der Waals surface area contributed by atoms with E-state index in [4.69, 9.17) is 16.3 Å². The molecule has 0 radical (unpaired) electrons. The maximum Gasteiger partial charge on any atom is 0.228 e. The summed E-state index contributed by atoms with van der Waals surface area (Å²) < 4.78 is 7.42. The average Bonchev–Trinajstić information content (AvgIpc) is 3.50. The molecule has 1 amide bonds. The second kappa shape index (κ2) is 9.93. The number of rotatable bonds is 8. The number of carbonyl (C=O) groups is 1. The summed E-state index contributed by atoms with van der Waals surface area (Å²) in [5, 5.41) is 7.52. The summed E-state index contributed by atoms with van der Waals surface area (Å²) in [6, 6.07) is 15.0. The number of ether oxygens (including phenoxy) is 1. The van der Waals surface area contributed by atoms with Crippen molar-refractivity contribution in [2.45, 2.75) is 26.0 Å². The lowest BCUT2D eigenvalue weighted by molar-refractivity contribution is -0.131. The third-order valence-electron chi connectivity index (χ3n) is 5.14. The van der Waals surface area contributed by atoms with Crippen molar-refractivity contribution < 1.29 is 9.53 Å². The fourth-order valence-electron chi connectivity index (χ4n) is 3.14. The van der Waals surface area contributed by atoms with E-state index in [0.29, 0.717) is 11.6 Å². The maximum atomic E-state index is 12.8. The molecule has 7 nitrogen and oxygen atoms in total. The SMILES string of the molecule is C[C@@H](c1ccc(-n2cncn2)cc1)N(C)C(=O)Cc1csc(COc2ccc(Cl)cc2)n1. The predicted molar refractivity (Wildman–Crippen MR) is 124 cm³/mol. The standard InChI is InChI=1S/C23H22ClN5O2S/c1-16(17-3-7-20(8-4-17)29-15-25-14-26-29)28(2)23(30)11-19-13-32-22(27-19)12-31-21-9-5-18(24)6-10-21/h3-10,13-16H,11-12H2,1-2H3/t16-/m0/s1. The van der Waals surface area contributed by atoms with Crippen molar-refractivity contribution in [3.8, 4) is 11.4 Å². The van der Waals surface area contributed by atoms with Crippen LogP contribution in [-0.4, -0.2) is 37.6 Å². The molecule has 0 bridgehead atoms. The molecule has 4 aromatic rings. The number of amides is 1. The highest BCUT2D eigenvalue weighted by atomic mass is 35.5. The van der Waals surface area contributed by atoms with Crippen molar-refractivity contribution in [1.82, 2.24) is 24.6 Å². The van der Waals surface area contributed by atoms with Gasteiger partial charge >= 0.3 is 0 Å². The highest BCUT2D eigenvalue weighted by Crippen LogP contribution is 2.22. The highest BCUT2D eigenvalue weighted by Gasteiger charge is 2.19. The first-order valence-electron chi connectivity index (χ1n) is 10.0. The van der Waals surface area contributed by atoms with Gasteiger partial charge in [0, 0.05) is 17.5 Å². The molecule has 164 valence electrons. The summed E-state index contributed by atoms with van der Waals surface area (Å²) in [4.78, 5) is 23.1. The zero-order valence-corrected chi connectivity index (χ0v) is 19.3. The van der Waals surface area contributed by atoms with Crippen LogP contribution in [0.15, 0.2) is 66.6 Å². The fourth-order valence-corrected chi connectivity index (χ4v) is 3.97. The number of benzene rings is 2. The van der Waals surface area contributed by atoms with E-state index in [1.165, 1.54) is 17.7 Å². The molecule has 2 heterocycles. The van der Waals surface area contributed by atoms with E-state index in [2.05, 4.69) is 15.1 Å². The molecule has 2 aromatic carbocycles. The minimum absolute atomic E-state index is 0.00771. The van der Waals surface area contributed by atoms with Gasteiger partial charge in [-0.1, -0.05) is 23.7 Å². The minimum Gasteiger partial charge on any atom is -0.486 e. The third-order valence-corrected chi connectivity index (χ3v) is 6.26. The van der Waals surface area contributed by atoms with Gasteiger partial charge in [-0.2, -0.15) is 5.10 Å². The van der Waals surface area contributed by atoms with Crippen molar-refractivity contribution in [2.75, 3.05) is 7.05 Å². The molecule has 0 aliphatic heterocycles. The van der Waals surface area contributed by atoms with Crippen LogP contribution >= 0.6 is 22.9 Å². The summed E-state index contributed by atoms with van der Waals surface area (Å²) in [7, 11) is 1.81. The summed E-state index contributed by atoms with van der Waals surface area (Å²) in [6.45, 7) is 2.36. The van der Waals surface area contributed by atoms with Crippen LogP contribution in [0.4, 0.5) is 0 Å². The second-order valence-electron chi connectivity index (χ2n) is 7.26. The molecule has 0 aliphatic carbocycles. The number of thiazole rings is 1. The molecule has 0 N–H and O–H groups in total. The molecule has 32 heavy (non-hydrogen) atoms. The average molecular weight is 468 g/mol. The van der Waals surface area contributed by atoms with Crippen LogP contribution in [-0.2, 0) is 17.8 Å². The van der Waals surface area contributed by atoms with Crippen LogP contribution in [0.3, 0.4) is 0 Å². The Kier molecular flexibility index (Phi) is 6.82. The first-order valence-corrected chi connectivity index (χ1v) is 11.3. The van der Waals surface area contributed by atoms with Crippen LogP contribution in [0.1, 0.15) is 29.2 Å². The number of carbonyl (C=O) groups excluding carboxylic acids is 1. The molecule has 1 atom stereocenters. The molecule has 0 saturated heterocycles. The first kappa shape index (κ1) is 22.0. The van der Waals surface area contributed by atoms with Gasteiger partial charge in [-0.15, -0.1) is 11.3 Å². The number of likely N-dealkylation sites (N-methyl/N-ethyl adjacent to an activating group) is 1. The van der Waals surface area contributed by atoms with E-state index < -0.39 is 0 Å². The van der Waals surface area contributed by atoms with Crippen LogP contribution in [0.5, 0.6) is 5.75 Å². The summed E-state index contributed by atoms with van der Waals surface area (Å²) >= 11 is 7.37. The van der Waals surface area contributed by atoms with E-state index in [9.17, 15) is 4.79 Å². The molecular formula is C23H22ClN5O2S. The van der Waals surface area contributed by atoms with Gasteiger partial charge in [0.25, 0.3) is 0 Å². The number of hydrogen-bond donors (Lipinski definition) is 0. The topological polar surface area (TPSA) is 73.1 Å². The Morgan fingerprint density at radius 3 is 2.62 bits per heavy atom. The smallest absolute Gasteiger partial charge is 0.228 e. The van der Waals surface area contributed by atoms with Gasteiger partial charge in [-0.25, -0.2) is 14.6 Å². The largest absolute Gasteiger partial charge is 0.486 e. The number of nitrogens with zero attached hydrogens (tertiary/aromatic N) is 5. The molecule has 9 heteroatoms. The van der Waals surface area contributed by atoms with Gasteiger partial charge in [0.1, 0.15) is 30.0 Å². The van der Waals surface area contributed by atoms with Gasteiger partial charge in [-0.3, -0.25) is 4.79 Å². The predicted octanol–water partition coefficient (Wildman–Crippen LogP) is 4.72. The van der Waals surface area contributed by atoms with Crippen molar-refractivity contribution in [1.29, 1.82) is 0 Å². The van der Waals surface area contributed by atoms with Crippen LogP contribution in [0, 0.1) is 0 Å². The molecular weight excluding hydrogens is 446 g/mol. The van der Waals surface area contributed by atoms with Crippen molar-refractivity contribution in [2.24, 2.45) is 0 Å². The molecule has 0 saturated carbocycles. The van der Waals surface area contributed by atoms with Crippen LogP contribution in [0.2, 0.25) is 5.02 Å². The molecule has 0 fully saturated rings. The van der Waals surface area contributed by atoms with E-state index >= 15 is 0 Å². The van der Waals surface area contributed by atoms with Crippen LogP contribution in [0.25, 0.3) is 5.69 Å². The lowest BCUT2D eigenvalue weighted by Gasteiger charge is -2.25. The van der Waals surface area contributed by atoms with Gasteiger partial charge < -0.3 is 9.64 Å². The van der Waals surface area contributed by atoms with Gasteiger partial charge in [0.15, 0.2) is 0 Å². The summed E-state index contributed by atoms with van der Waals surface area (Å²) in [6.07, 6.45) is 3.39. The van der Waals surface area contributed by atoms with Crippen molar-refractivity contribution >= 4 is 28.8 Å². The Balaban J connectivity index is 1.32. The number of hydrogen-bond acceptors (Lipinski definition) is 6. The van der Waals surface area contributed by atoms with E-state index in [1.807, 2.05) is 55.7 Å². The Morgan fingerprint density at radius 2 is 1.94 bits per heavy atom. The molecule has 0 spiro atoms. The summed E-state index contributed by atoms with van der Waals surface area (Å²) in [5.41, 5.74) is 2.71. The normalized spacial score (nSPS) is 11.8. The van der Waals surface area contributed by atoms with E-state index in [-0.39, 0.29) is 18.4 Å². The summed E-state index contributed by atoms with van der Waals surface area (Å²) in [5.74, 6) is 0.735. The molecule has 2 aromatic heterocycles. The molecule has 0 unspecified atom stereocenters. The van der Waals surface area contributed by atoms with E-state index in [1.54, 1.807) is 28.0 Å². The van der Waals surface area contributed by atoms with Gasteiger partial charge in [0.2, 0.25) is 5.91 Å². The third kappa shape index (κ3) is 5.33. The molecule has 0 aliphatic rings. The Morgan fingerprint density at radius 1 is 1.19 bits per heavy atom. The first-order chi connectivity index (χ1) is 15.5. The minimum atomic E-state index is -0.0707. The Bertz CT molecular complexity index is 1160. The van der Waals surface area contributed by atoms with Crippen molar-refractivity contribution in [3.63, 3.8) is 0 Å². The zero-order chi connectivity index (χ0) is 22.5. The van der Waals surface area contributed by atoms with Crippen molar-refractivity contribution in [3.05, 3.63) is 87.9 Å². The van der Waals surface area contributed by atoms with Crippen LogP contribution < -0.4 is 4.74 Å². The lowest BCUT2D eigenvalue weighted by Crippen LogP contribution is -2.31. The lowest BCUT2D eigenvalue weighted by atomic mass is 10.1. The monoisotopic (exact) mass is 467 g/mol. The van der Waals surface area contributed by atoms with Gasteiger partial charge in [0.05, 0.1) is 23.8 Å². The Labute approximate surface area is 195 Å². The fraction of sp³-hybridized carbons (Fsp3) is 0.217. The number of aromatic nitrogens is 4. The highest BCUT2D eigenvalue weighted by molar-refractivity contribution is 7.09. The maximum absolute atomic E-state index is 12.8. The quantitative estimate of drug-likeness (QED) is 0.375. The Hall–Kier alpha value is -3.23. The second-order valence-corrected chi connectivity index (χ2v) is 8.64.